The summed E-state index contributed by atoms with van der Waals surface area (Å²) in [4.78, 5) is 24.1. The first-order valence-electron chi connectivity index (χ1n) is 9.28. The molecule has 0 bridgehead atoms. The Morgan fingerprint density at radius 1 is 1.00 bits per heavy atom. The van der Waals surface area contributed by atoms with E-state index in [2.05, 4.69) is 26.8 Å². The summed E-state index contributed by atoms with van der Waals surface area (Å²) in [6, 6.07) is 0. The van der Waals surface area contributed by atoms with Gasteiger partial charge in [0.05, 0.1) is 0 Å². The Morgan fingerprint density at radius 2 is 1.78 bits per heavy atom. The first-order valence-corrected chi connectivity index (χ1v) is 9.28. The molecule has 0 N–H and O–H groups in total. The van der Waals surface area contributed by atoms with Crippen molar-refractivity contribution in [2.24, 2.45) is 28.6 Å². The molecular formula is C21H28O2. The summed E-state index contributed by atoms with van der Waals surface area (Å²) in [6.45, 7) is 7.03. The van der Waals surface area contributed by atoms with Crippen LogP contribution in [0.1, 0.15) is 65.7 Å². The highest BCUT2D eigenvalue weighted by molar-refractivity contribution is 5.92. The minimum Gasteiger partial charge on any atom is -0.300 e. The van der Waals surface area contributed by atoms with Crippen LogP contribution < -0.4 is 0 Å². The quantitative estimate of drug-likeness (QED) is 0.653. The van der Waals surface area contributed by atoms with E-state index in [9.17, 15) is 9.59 Å². The molecule has 0 aromatic carbocycles. The van der Waals surface area contributed by atoms with E-state index in [1.165, 1.54) is 24.0 Å². The topological polar surface area (TPSA) is 34.1 Å². The van der Waals surface area contributed by atoms with Gasteiger partial charge in [0.1, 0.15) is 5.78 Å². The van der Waals surface area contributed by atoms with Crippen LogP contribution in [0.5, 0.6) is 0 Å². The van der Waals surface area contributed by atoms with E-state index in [0.717, 1.165) is 25.7 Å². The number of hydrogen-bond donors (Lipinski definition) is 0. The molecule has 0 saturated heterocycles. The van der Waals surface area contributed by atoms with Gasteiger partial charge in [0.25, 0.3) is 0 Å². The predicted molar refractivity (Wildman–Crippen MR) is 90.9 cm³/mol. The highest BCUT2D eigenvalue weighted by Gasteiger charge is 2.56. The van der Waals surface area contributed by atoms with Crippen LogP contribution >= 0.6 is 0 Å². The minimum absolute atomic E-state index is 0.139. The lowest BCUT2D eigenvalue weighted by molar-refractivity contribution is -0.130. The molecule has 4 aliphatic rings. The van der Waals surface area contributed by atoms with Crippen molar-refractivity contribution in [1.82, 2.24) is 0 Å². The summed E-state index contributed by atoms with van der Waals surface area (Å²) >= 11 is 0. The number of allylic oxidation sites excluding steroid dienone is 4. The van der Waals surface area contributed by atoms with Gasteiger partial charge in [-0.15, -0.1) is 0 Å². The average Bonchev–Trinajstić information content (AvgIpc) is 2.50. The van der Waals surface area contributed by atoms with Crippen molar-refractivity contribution in [3.8, 4) is 0 Å². The lowest BCUT2D eigenvalue weighted by atomic mass is 9.45. The molecule has 4 rings (SSSR count). The number of ketones is 2. The van der Waals surface area contributed by atoms with Gasteiger partial charge >= 0.3 is 0 Å². The molecule has 2 saturated carbocycles. The Kier molecular flexibility index (Phi) is 3.28. The van der Waals surface area contributed by atoms with Crippen LogP contribution in [0.2, 0.25) is 0 Å². The summed E-state index contributed by atoms with van der Waals surface area (Å²) < 4.78 is 0. The molecule has 0 aliphatic heterocycles. The summed E-state index contributed by atoms with van der Waals surface area (Å²) in [7, 11) is 0. The van der Waals surface area contributed by atoms with Crippen molar-refractivity contribution in [2.45, 2.75) is 65.7 Å². The molecule has 3 unspecified atom stereocenters. The van der Waals surface area contributed by atoms with Gasteiger partial charge in [-0.1, -0.05) is 25.5 Å². The molecule has 2 fully saturated rings. The fourth-order valence-electron chi connectivity index (χ4n) is 6.25. The van der Waals surface area contributed by atoms with Gasteiger partial charge in [-0.2, -0.15) is 0 Å². The molecule has 0 aromatic heterocycles. The predicted octanol–water partition coefficient (Wildman–Crippen LogP) is 4.64. The molecule has 4 aliphatic carbocycles. The van der Waals surface area contributed by atoms with Crippen LogP contribution in [-0.2, 0) is 9.59 Å². The molecule has 2 heteroatoms. The summed E-state index contributed by atoms with van der Waals surface area (Å²) in [6.07, 6.45) is 11.0. The summed E-state index contributed by atoms with van der Waals surface area (Å²) in [5.41, 5.74) is 3.16. The number of rotatable bonds is 0. The number of carbonyl (C=O) groups excluding carboxylic acids is 2. The largest absolute Gasteiger partial charge is 0.300 e. The molecule has 0 heterocycles. The normalized spacial score (nSPS) is 46.3. The monoisotopic (exact) mass is 312 g/mol. The van der Waals surface area contributed by atoms with Gasteiger partial charge in [0, 0.05) is 19.3 Å². The van der Waals surface area contributed by atoms with Crippen LogP contribution in [0.15, 0.2) is 23.3 Å². The van der Waals surface area contributed by atoms with E-state index in [-0.39, 0.29) is 11.2 Å². The van der Waals surface area contributed by atoms with Gasteiger partial charge in [-0.25, -0.2) is 0 Å². The van der Waals surface area contributed by atoms with Crippen molar-refractivity contribution in [1.29, 1.82) is 0 Å². The fourth-order valence-corrected chi connectivity index (χ4v) is 6.25. The fraction of sp³-hybridized carbons (Fsp3) is 0.714. The molecule has 5 atom stereocenters. The van der Waals surface area contributed by atoms with Gasteiger partial charge in [0.2, 0.25) is 0 Å². The molecule has 2 nitrogen and oxygen atoms in total. The molecule has 0 radical (unpaired) electrons. The average molecular weight is 312 g/mol. The highest BCUT2D eigenvalue weighted by Crippen LogP contribution is 2.63. The van der Waals surface area contributed by atoms with Crippen molar-refractivity contribution in [3.05, 3.63) is 23.3 Å². The van der Waals surface area contributed by atoms with E-state index >= 15 is 0 Å². The molecule has 0 aromatic rings. The second-order valence-corrected chi connectivity index (χ2v) is 9.05. The van der Waals surface area contributed by atoms with E-state index in [0.29, 0.717) is 35.4 Å². The third kappa shape index (κ3) is 2.13. The standard InChI is InChI=1S/C21H28O2/c1-13-10-14-11-15(22)5-9-21(14,3)17-6-8-20(2)7-4-16(23)12-18(20)19(13)17/h10-11,17-19H,4-9,12H2,1-3H3/t17?,18?,19?,20-,21-/m0/s1. The Labute approximate surface area is 139 Å². The van der Waals surface area contributed by atoms with Crippen molar-refractivity contribution in [2.75, 3.05) is 0 Å². The number of hydrogen-bond acceptors (Lipinski definition) is 2. The Bertz CT molecular complexity index is 640. The summed E-state index contributed by atoms with van der Waals surface area (Å²) in [5, 5.41) is 0. The van der Waals surface area contributed by atoms with Crippen molar-refractivity contribution < 1.29 is 9.59 Å². The lowest BCUT2D eigenvalue weighted by Crippen LogP contribution is -2.52. The van der Waals surface area contributed by atoms with Crippen molar-refractivity contribution in [3.63, 3.8) is 0 Å². The minimum atomic E-state index is 0.139. The first-order chi connectivity index (χ1) is 10.8. The zero-order chi connectivity index (χ0) is 16.4. The van der Waals surface area contributed by atoms with Crippen LogP contribution in [0.4, 0.5) is 0 Å². The number of Topliss-reactive ketones (excluding diaryl/α,β-unsaturated/α-hetero) is 1. The highest BCUT2D eigenvalue weighted by atomic mass is 16.1. The molecular weight excluding hydrogens is 284 g/mol. The molecule has 124 valence electrons. The maximum absolute atomic E-state index is 12.2. The first kappa shape index (κ1) is 15.4. The van der Waals surface area contributed by atoms with E-state index < -0.39 is 0 Å². The third-order valence-electron chi connectivity index (χ3n) is 7.81. The second-order valence-electron chi connectivity index (χ2n) is 9.05. The van der Waals surface area contributed by atoms with Gasteiger partial charge in [-0.05, 0) is 72.8 Å². The van der Waals surface area contributed by atoms with Gasteiger partial charge in [0.15, 0.2) is 5.78 Å². The Balaban J connectivity index is 1.80. The molecule has 0 amide bonds. The molecule has 0 spiro atoms. The van der Waals surface area contributed by atoms with Crippen LogP contribution in [0.25, 0.3) is 0 Å². The number of fused-ring (bicyclic) bond motifs is 5. The van der Waals surface area contributed by atoms with E-state index in [1.807, 2.05) is 6.08 Å². The SMILES string of the molecule is CC1=CC2=CC(=O)CC[C@]2(C)C2CC[C@]3(C)CCC(=O)CC3C12. The maximum atomic E-state index is 12.2. The van der Waals surface area contributed by atoms with Crippen LogP contribution in [0.3, 0.4) is 0 Å². The van der Waals surface area contributed by atoms with Crippen LogP contribution in [-0.4, -0.2) is 11.6 Å². The van der Waals surface area contributed by atoms with Crippen LogP contribution in [0, 0.1) is 28.6 Å². The zero-order valence-corrected chi connectivity index (χ0v) is 14.7. The number of carbonyl (C=O) groups is 2. The Hall–Kier alpha value is -1.18. The summed E-state index contributed by atoms with van der Waals surface area (Å²) in [5.74, 6) is 2.40. The van der Waals surface area contributed by atoms with Crippen molar-refractivity contribution >= 4 is 11.6 Å². The lowest BCUT2D eigenvalue weighted by Gasteiger charge is -2.59. The van der Waals surface area contributed by atoms with Gasteiger partial charge in [-0.3, -0.25) is 9.59 Å². The smallest absolute Gasteiger partial charge is 0.156 e. The molecule has 23 heavy (non-hydrogen) atoms. The maximum Gasteiger partial charge on any atom is 0.156 e. The van der Waals surface area contributed by atoms with Gasteiger partial charge < -0.3 is 0 Å². The van der Waals surface area contributed by atoms with E-state index in [4.69, 9.17) is 0 Å². The Morgan fingerprint density at radius 3 is 2.57 bits per heavy atom. The zero-order valence-electron chi connectivity index (χ0n) is 14.7. The third-order valence-corrected chi connectivity index (χ3v) is 7.81. The second kappa shape index (κ2) is 4.91. The van der Waals surface area contributed by atoms with E-state index in [1.54, 1.807) is 0 Å².